The van der Waals surface area contributed by atoms with E-state index < -0.39 is 11.6 Å². The Bertz CT molecular complexity index is 338. The van der Waals surface area contributed by atoms with E-state index in [1.807, 2.05) is 6.92 Å². The van der Waals surface area contributed by atoms with Gasteiger partial charge in [0.05, 0.1) is 13.1 Å². The summed E-state index contributed by atoms with van der Waals surface area (Å²) in [5.74, 6) is -0.285. The van der Waals surface area contributed by atoms with Crippen molar-refractivity contribution >= 4 is 12.0 Å². The lowest BCUT2D eigenvalue weighted by Crippen LogP contribution is -2.65. The Balaban J connectivity index is 2.10. The van der Waals surface area contributed by atoms with E-state index in [-0.39, 0.29) is 12.6 Å². The van der Waals surface area contributed by atoms with Gasteiger partial charge in [-0.25, -0.2) is 9.59 Å². The third-order valence-corrected chi connectivity index (χ3v) is 3.37. The monoisotopic (exact) mass is 286 g/mol. The number of amides is 2. The number of nitrogens with zero attached hydrogens (tertiary/aromatic N) is 1. The fourth-order valence-corrected chi connectivity index (χ4v) is 2.22. The zero-order chi connectivity index (χ0) is 15.2. The molecule has 2 N–H and O–H groups in total. The standard InChI is InChI=1S/C14H26N2O4/c1-11(2)6-4-5-7-15-13(19)16-9-14(3,10-16)20-8-12(17)18/h11H,4-10H2,1-3H3,(H,15,19)(H,17,18). The molecule has 1 aliphatic rings. The summed E-state index contributed by atoms with van der Waals surface area (Å²) >= 11 is 0. The van der Waals surface area contributed by atoms with Gasteiger partial charge in [0.15, 0.2) is 0 Å². The van der Waals surface area contributed by atoms with Crippen molar-refractivity contribution < 1.29 is 19.4 Å². The summed E-state index contributed by atoms with van der Waals surface area (Å²) in [6.07, 6.45) is 3.29. The van der Waals surface area contributed by atoms with E-state index in [9.17, 15) is 9.59 Å². The average Bonchev–Trinajstić information content (AvgIpc) is 2.31. The third-order valence-electron chi connectivity index (χ3n) is 3.37. The summed E-state index contributed by atoms with van der Waals surface area (Å²) in [6.45, 7) is 7.46. The smallest absolute Gasteiger partial charge is 0.329 e. The maximum atomic E-state index is 11.8. The minimum atomic E-state index is -0.987. The second kappa shape index (κ2) is 7.47. The van der Waals surface area contributed by atoms with Gasteiger partial charge < -0.3 is 20.1 Å². The van der Waals surface area contributed by atoms with Crippen molar-refractivity contribution in [2.75, 3.05) is 26.2 Å². The van der Waals surface area contributed by atoms with E-state index >= 15 is 0 Å². The van der Waals surface area contributed by atoms with Gasteiger partial charge in [0, 0.05) is 6.54 Å². The molecule has 0 unspecified atom stereocenters. The Kier molecular flexibility index (Phi) is 6.26. The molecule has 0 radical (unpaired) electrons. The number of carboxylic acids is 1. The van der Waals surface area contributed by atoms with Crippen LogP contribution < -0.4 is 5.32 Å². The third kappa shape index (κ3) is 5.77. The Morgan fingerprint density at radius 2 is 2.00 bits per heavy atom. The van der Waals surface area contributed by atoms with Gasteiger partial charge in [-0.2, -0.15) is 0 Å². The molecule has 0 spiro atoms. The molecule has 0 aromatic rings. The molecule has 0 saturated carbocycles. The topological polar surface area (TPSA) is 78.9 Å². The quantitative estimate of drug-likeness (QED) is 0.666. The van der Waals surface area contributed by atoms with Crippen LogP contribution in [0.3, 0.4) is 0 Å². The van der Waals surface area contributed by atoms with Crippen molar-refractivity contribution in [1.29, 1.82) is 0 Å². The molecule has 0 bridgehead atoms. The minimum Gasteiger partial charge on any atom is -0.480 e. The molecular formula is C14H26N2O4. The molecule has 1 saturated heterocycles. The number of likely N-dealkylation sites (tertiary alicyclic amines) is 1. The van der Waals surface area contributed by atoms with Crippen LogP contribution in [0.5, 0.6) is 0 Å². The van der Waals surface area contributed by atoms with Gasteiger partial charge in [0.2, 0.25) is 0 Å². The molecule has 6 heteroatoms. The first-order valence-corrected chi connectivity index (χ1v) is 7.21. The highest BCUT2D eigenvalue weighted by molar-refractivity contribution is 5.75. The van der Waals surface area contributed by atoms with Gasteiger partial charge >= 0.3 is 12.0 Å². The predicted octanol–water partition coefficient (Wildman–Crippen LogP) is 1.70. The number of urea groups is 1. The highest BCUT2D eigenvalue weighted by Crippen LogP contribution is 2.24. The molecular weight excluding hydrogens is 260 g/mol. The largest absolute Gasteiger partial charge is 0.480 e. The number of aliphatic carboxylic acids is 1. The number of rotatable bonds is 8. The summed E-state index contributed by atoms with van der Waals surface area (Å²) in [5.41, 5.74) is -0.520. The van der Waals surface area contributed by atoms with E-state index in [2.05, 4.69) is 19.2 Å². The zero-order valence-electron chi connectivity index (χ0n) is 12.6. The summed E-state index contributed by atoms with van der Waals surface area (Å²) < 4.78 is 5.26. The molecule has 0 aromatic carbocycles. The molecule has 1 fully saturated rings. The van der Waals surface area contributed by atoms with Crippen LogP contribution in [0.1, 0.15) is 40.0 Å². The maximum absolute atomic E-state index is 11.8. The fraction of sp³-hybridized carbons (Fsp3) is 0.857. The summed E-state index contributed by atoms with van der Waals surface area (Å²) in [5, 5.41) is 11.4. The van der Waals surface area contributed by atoms with Crippen molar-refractivity contribution in [3.63, 3.8) is 0 Å². The molecule has 0 atom stereocenters. The van der Waals surface area contributed by atoms with Gasteiger partial charge in [0.1, 0.15) is 12.2 Å². The van der Waals surface area contributed by atoms with Gasteiger partial charge in [-0.1, -0.05) is 26.7 Å². The molecule has 1 aliphatic heterocycles. The minimum absolute atomic E-state index is 0.0917. The van der Waals surface area contributed by atoms with Crippen LogP contribution >= 0.6 is 0 Å². The molecule has 1 rings (SSSR count). The maximum Gasteiger partial charge on any atom is 0.329 e. The molecule has 6 nitrogen and oxygen atoms in total. The second-order valence-corrected chi connectivity index (χ2v) is 6.11. The van der Waals surface area contributed by atoms with Crippen molar-refractivity contribution in [1.82, 2.24) is 10.2 Å². The molecule has 0 aliphatic carbocycles. The molecule has 116 valence electrons. The van der Waals surface area contributed by atoms with Gasteiger partial charge in [0.25, 0.3) is 0 Å². The molecule has 2 amide bonds. The van der Waals surface area contributed by atoms with Gasteiger partial charge in [-0.15, -0.1) is 0 Å². The lowest BCUT2D eigenvalue weighted by molar-refractivity contribution is -0.159. The van der Waals surface area contributed by atoms with Crippen LogP contribution in [0.15, 0.2) is 0 Å². The lowest BCUT2D eigenvalue weighted by Gasteiger charge is -2.46. The number of carbonyl (C=O) groups is 2. The van der Waals surface area contributed by atoms with Crippen molar-refractivity contribution in [2.45, 2.75) is 45.6 Å². The molecule has 0 aromatic heterocycles. The average molecular weight is 286 g/mol. The SMILES string of the molecule is CC(C)CCCCNC(=O)N1CC(C)(OCC(=O)O)C1. The van der Waals surface area contributed by atoms with E-state index in [4.69, 9.17) is 9.84 Å². The lowest BCUT2D eigenvalue weighted by atomic mass is 9.97. The van der Waals surface area contributed by atoms with Crippen LogP contribution in [-0.4, -0.2) is 53.8 Å². The highest BCUT2D eigenvalue weighted by Gasteiger charge is 2.42. The number of hydrogen-bond donors (Lipinski definition) is 2. The van der Waals surface area contributed by atoms with Crippen molar-refractivity contribution in [3.8, 4) is 0 Å². The first kappa shape index (κ1) is 16.8. The van der Waals surface area contributed by atoms with E-state index in [1.165, 1.54) is 6.42 Å². The fourth-order valence-electron chi connectivity index (χ4n) is 2.22. The molecule has 20 heavy (non-hydrogen) atoms. The number of carbonyl (C=O) groups excluding carboxylic acids is 1. The number of carboxylic acid groups (broad SMARTS) is 1. The van der Waals surface area contributed by atoms with Crippen molar-refractivity contribution in [2.24, 2.45) is 5.92 Å². The van der Waals surface area contributed by atoms with Crippen LogP contribution in [0.25, 0.3) is 0 Å². The van der Waals surface area contributed by atoms with Gasteiger partial charge in [-0.05, 0) is 19.3 Å². The first-order valence-electron chi connectivity index (χ1n) is 7.21. The van der Waals surface area contributed by atoms with Gasteiger partial charge in [-0.3, -0.25) is 0 Å². The van der Waals surface area contributed by atoms with E-state index in [0.29, 0.717) is 25.6 Å². The predicted molar refractivity (Wildman–Crippen MR) is 75.7 cm³/mol. The number of ether oxygens (including phenoxy) is 1. The summed E-state index contributed by atoms with van der Waals surface area (Å²) in [4.78, 5) is 23.9. The summed E-state index contributed by atoms with van der Waals surface area (Å²) in [6, 6.07) is -0.0917. The number of nitrogens with one attached hydrogen (secondary N) is 1. The van der Waals surface area contributed by atoms with Crippen LogP contribution in [0.4, 0.5) is 4.79 Å². The Morgan fingerprint density at radius 1 is 1.35 bits per heavy atom. The van der Waals surface area contributed by atoms with Crippen LogP contribution in [0.2, 0.25) is 0 Å². The molecule has 1 heterocycles. The Labute approximate surface area is 120 Å². The van der Waals surface area contributed by atoms with Crippen LogP contribution in [0, 0.1) is 5.92 Å². The van der Waals surface area contributed by atoms with Crippen molar-refractivity contribution in [3.05, 3.63) is 0 Å². The first-order chi connectivity index (χ1) is 9.32. The van der Waals surface area contributed by atoms with E-state index in [1.54, 1.807) is 4.90 Å². The second-order valence-electron chi connectivity index (χ2n) is 6.11. The summed E-state index contributed by atoms with van der Waals surface area (Å²) in [7, 11) is 0. The number of hydrogen-bond acceptors (Lipinski definition) is 3. The zero-order valence-corrected chi connectivity index (χ0v) is 12.6. The number of unbranched alkanes of at least 4 members (excludes halogenated alkanes) is 1. The Hall–Kier alpha value is -1.30. The Morgan fingerprint density at radius 3 is 2.55 bits per heavy atom. The van der Waals surface area contributed by atoms with Crippen LogP contribution in [-0.2, 0) is 9.53 Å². The normalized spacial score (nSPS) is 16.9. The van der Waals surface area contributed by atoms with E-state index in [0.717, 1.165) is 12.8 Å². The highest BCUT2D eigenvalue weighted by atomic mass is 16.5.